The molecule has 0 bridgehead atoms. The zero-order valence-electron chi connectivity index (χ0n) is 66.7. The molecular weight excluding hydrogens is 1490 g/mol. The van der Waals surface area contributed by atoms with E-state index in [9.17, 15) is 4.79 Å². The summed E-state index contributed by atoms with van der Waals surface area (Å²) < 4.78 is 57.3. The minimum atomic E-state index is -1.74. The molecule has 0 fully saturated rings. The summed E-state index contributed by atoms with van der Waals surface area (Å²) in [5.74, 6) is 4.55. The van der Waals surface area contributed by atoms with Crippen LogP contribution in [-0.4, -0.2) is 223 Å². The Hall–Kier alpha value is -2.06. The van der Waals surface area contributed by atoms with Gasteiger partial charge in [-0.3, -0.25) is 23.5 Å². The van der Waals surface area contributed by atoms with E-state index in [2.05, 4.69) is 106 Å². The summed E-state index contributed by atoms with van der Waals surface area (Å²) in [6, 6.07) is 2.49. The Labute approximate surface area is 653 Å². The van der Waals surface area contributed by atoms with Crippen molar-refractivity contribution in [2.24, 2.45) is 5.92 Å². The van der Waals surface area contributed by atoms with E-state index in [0.29, 0.717) is 46.1 Å². The first-order chi connectivity index (χ1) is 49.5. The topological polar surface area (TPSA) is 263 Å². The first-order valence-electron chi connectivity index (χ1n) is 38.8. The normalized spacial score (nSPS) is 12.1. The van der Waals surface area contributed by atoms with Gasteiger partial charge in [-0.05, 0) is 125 Å². The fourth-order valence-electron chi connectivity index (χ4n) is 10.4. The van der Waals surface area contributed by atoms with Gasteiger partial charge in [0.05, 0.1) is 116 Å². The average molecular weight is 1630 g/mol. The standard InChI is InChI=1S/C35H70N6O2Si2.C14H27N5O2.2C8H18O2S2.C7H13N3O2.BrH/c1-34(42-44(4,5)32-24-20-16-12-8-10-14-18-22-28-40-30-26-36-38-40)35(2,3)43-45(6,7)33-25-21-17-13-9-11-15-19-23-29-41-31-27-37-39-41;1-2-13(5-3-4-6-15)14(20)16-8-11-21-12-10-19-9-7-17-18-19;2*1-3-9-5-7-11-12-8-6-10-4-2;1-11-6-7-12-5-4-10-3-2-8-9-10;/h26-27,30-31,34H,8-25,28-29,32-33H2,1-7H3;7,9,13H,2-6,8,10-12,15H2,1H3,(H,16,20);2*3-8H2,1-2H3;2-3H,4-7H2,1H3;1H/t34-;;;;;/m0...../s1. The lowest BCUT2D eigenvalue weighted by Crippen LogP contribution is -3.00. The van der Waals surface area contributed by atoms with Crippen LogP contribution in [0.3, 0.4) is 0 Å². The van der Waals surface area contributed by atoms with Crippen LogP contribution in [0, 0.1) is 5.92 Å². The molecule has 0 saturated heterocycles. The third kappa shape index (κ3) is 68.9. The molecule has 0 aliphatic carbocycles. The number of carbonyl (C=O) groups excluding carboxylic acids is 1. The number of halogens is 1. The van der Waals surface area contributed by atoms with Gasteiger partial charge in [0.2, 0.25) is 5.91 Å². The number of methoxy groups -OCH3 is 1. The third-order valence-corrected chi connectivity index (χ3v) is 26.1. The Bertz CT molecular complexity index is 2250. The molecule has 24 nitrogen and oxygen atoms in total. The maximum Gasteiger partial charge on any atom is 0.223 e. The van der Waals surface area contributed by atoms with E-state index < -0.39 is 16.6 Å². The van der Waals surface area contributed by atoms with Gasteiger partial charge in [0.1, 0.15) is 0 Å². The highest BCUT2D eigenvalue weighted by Gasteiger charge is 2.38. The molecule has 0 saturated carbocycles. The van der Waals surface area contributed by atoms with Gasteiger partial charge < -0.3 is 70.0 Å². The second kappa shape index (κ2) is 75.4. The number of amides is 1. The van der Waals surface area contributed by atoms with Crippen LogP contribution in [0.1, 0.15) is 197 Å². The number of unbranched alkanes of at least 4 members (excludes halogenated alkanes) is 17. The Morgan fingerprint density at radius 2 is 0.825 bits per heavy atom. The number of ether oxygens (including phenoxy) is 7. The van der Waals surface area contributed by atoms with Crippen molar-refractivity contribution < 1.29 is 69.5 Å². The van der Waals surface area contributed by atoms with E-state index in [-0.39, 0.29) is 40.5 Å². The predicted molar refractivity (Wildman–Crippen MR) is 431 cm³/mol. The van der Waals surface area contributed by atoms with E-state index in [1.165, 1.54) is 128 Å². The second-order valence-electron chi connectivity index (χ2n) is 26.6. The maximum absolute atomic E-state index is 12.0. The first kappa shape index (κ1) is 103. The van der Waals surface area contributed by atoms with Crippen LogP contribution >= 0.6 is 43.2 Å². The summed E-state index contributed by atoms with van der Waals surface area (Å²) in [5.41, 5.74) is 3.59. The molecule has 4 N–H and O–H groups in total. The van der Waals surface area contributed by atoms with Crippen molar-refractivity contribution in [1.29, 1.82) is 0 Å². The molecule has 0 aliphatic heterocycles. The summed E-state index contributed by atoms with van der Waals surface area (Å²) in [6.07, 6.45) is 42.3. The van der Waals surface area contributed by atoms with Crippen molar-refractivity contribution >= 4 is 65.7 Å². The van der Waals surface area contributed by atoms with Crippen LogP contribution in [0.15, 0.2) is 49.6 Å². The quantitative estimate of drug-likeness (QED) is 0.0236. The van der Waals surface area contributed by atoms with Gasteiger partial charge in [-0.2, -0.15) is 0 Å². The number of aromatic nitrogens is 12. The average Bonchev–Trinajstić information content (AvgIpc) is 1.83. The minimum Gasteiger partial charge on any atom is -1.00 e. The molecule has 0 radical (unpaired) electrons. The molecule has 4 heterocycles. The van der Waals surface area contributed by atoms with Crippen molar-refractivity contribution in [3.63, 3.8) is 0 Å². The van der Waals surface area contributed by atoms with E-state index in [1.807, 2.05) is 92.6 Å². The van der Waals surface area contributed by atoms with Gasteiger partial charge >= 0.3 is 0 Å². The lowest BCUT2D eigenvalue weighted by Gasteiger charge is -2.42. The molecule has 0 aromatic carbocycles. The highest BCUT2D eigenvalue weighted by Crippen LogP contribution is 2.31. The van der Waals surface area contributed by atoms with Crippen LogP contribution in [0.25, 0.3) is 0 Å². The van der Waals surface area contributed by atoms with Crippen molar-refractivity contribution in [3.05, 3.63) is 49.6 Å². The highest BCUT2D eigenvalue weighted by molar-refractivity contribution is 8.77. The number of aryl methyl sites for hydroxylation is 2. The Morgan fingerprint density at radius 3 is 1.17 bits per heavy atom. The molecule has 0 aliphatic rings. The van der Waals surface area contributed by atoms with E-state index in [1.54, 1.807) is 53.7 Å². The third-order valence-electron chi connectivity index (χ3n) is 16.3. The summed E-state index contributed by atoms with van der Waals surface area (Å²) in [6.45, 7) is 41.2. The van der Waals surface area contributed by atoms with E-state index >= 15 is 0 Å². The van der Waals surface area contributed by atoms with Crippen LogP contribution < -0.4 is 28.0 Å². The maximum atomic E-state index is 12.0. The van der Waals surface area contributed by atoms with Gasteiger partial charge in [-0.25, -0.2) is 0 Å². The monoisotopic (exact) mass is 1630 g/mol. The Morgan fingerprint density at radius 1 is 0.466 bits per heavy atom. The summed E-state index contributed by atoms with van der Waals surface area (Å²) in [5, 5.41) is 33.8. The Kier molecular flexibility index (Phi) is 75.4. The molecule has 103 heavy (non-hydrogen) atoms. The number of hydrogen-bond donors (Lipinski definition) is 2. The van der Waals surface area contributed by atoms with Crippen LogP contribution in [-0.2, 0) is 73.0 Å². The van der Waals surface area contributed by atoms with E-state index in [4.69, 9.17) is 42.0 Å². The van der Waals surface area contributed by atoms with E-state index in [0.717, 1.165) is 128 Å². The number of nitrogens with one attached hydrogen (secondary N) is 1. The molecule has 4 aromatic heterocycles. The van der Waals surface area contributed by atoms with Crippen LogP contribution in [0.5, 0.6) is 0 Å². The molecule has 1 unspecified atom stereocenters. The molecule has 31 heteroatoms. The molecule has 0 spiro atoms. The first-order valence-corrected chi connectivity index (χ1v) is 50.0. The van der Waals surface area contributed by atoms with Crippen LogP contribution in [0.2, 0.25) is 38.3 Å². The number of hydrogen-bond acceptors (Lipinski definition) is 22. The minimum absolute atomic E-state index is 0. The predicted octanol–water partition coefficient (Wildman–Crippen LogP) is 11.9. The van der Waals surface area contributed by atoms with Gasteiger partial charge in [-0.15, -0.1) is 20.4 Å². The molecule has 604 valence electrons. The molecule has 1 amide bonds. The lowest BCUT2D eigenvalue weighted by molar-refractivity contribution is -0.368. The summed E-state index contributed by atoms with van der Waals surface area (Å²) in [4.78, 5) is 12.0. The second-order valence-corrected chi connectivity index (χ2v) is 40.4. The number of carbonyl (C=O) groups is 1. The van der Waals surface area contributed by atoms with Gasteiger partial charge in [0, 0.05) is 107 Å². The highest BCUT2D eigenvalue weighted by atomic mass is 79.9. The van der Waals surface area contributed by atoms with Crippen molar-refractivity contribution in [2.45, 2.75) is 273 Å². The largest absolute Gasteiger partial charge is 1.00 e. The lowest BCUT2D eigenvalue weighted by atomic mass is 9.98. The number of rotatable bonds is 65. The number of nitrogens with zero attached hydrogens (tertiary/aromatic N) is 12. The summed E-state index contributed by atoms with van der Waals surface area (Å²) >= 11 is 0. The fraction of sp³-hybridized carbons (Fsp3) is 0.875. The van der Waals surface area contributed by atoms with Crippen molar-refractivity contribution in [2.75, 3.05) is 129 Å². The SMILES string of the molecule is CCC(CCCC[NH3+])C(=O)NCCOCCn1ccnn1.CCOCCSSCCOCC.CCOCCSSCCOCC.COCCOCCn1ccnn1.C[C@H](O[Si](C)(C)CCCCCCCCCCCn1ccnn1)C(C)(C)O[Si](C)(C)CCCCCCCCCCCn1ccnn1.[Br-]. The molecule has 4 rings (SSSR count). The zero-order chi connectivity index (χ0) is 75.0. The zero-order valence-corrected chi connectivity index (χ0v) is 73.5. The van der Waals surface area contributed by atoms with Crippen LogP contribution in [0.4, 0.5) is 0 Å². The van der Waals surface area contributed by atoms with Crippen molar-refractivity contribution in [1.82, 2.24) is 65.3 Å². The van der Waals surface area contributed by atoms with Gasteiger partial charge in [-0.1, -0.05) is 174 Å². The Balaban J connectivity index is 0. The van der Waals surface area contributed by atoms with Gasteiger partial charge in [0.15, 0.2) is 16.6 Å². The molecule has 2 atom stereocenters. The number of quaternary nitrogens is 1. The fourth-order valence-corrected chi connectivity index (χ4v) is 19.1. The van der Waals surface area contributed by atoms with Crippen molar-refractivity contribution in [3.8, 4) is 0 Å². The smallest absolute Gasteiger partial charge is 0.223 e. The summed E-state index contributed by atoms with van der Waals surface area (Å²) in [7, 11) is 5.62. The molecule has 4 aromatic rings. The molecular formula is C72H147BrN14O10S4Si2. The van der Waals surface area contributed by atoms with Gasteiger partial charge in [0.25, 0.3) is 0 Å².